The van der Waals surface area contributed by atoms with Crippen LogP contribution in [0.25, 0.3) is 0 Å². The third-order valence-electron chi connectivity index (χ3n) is 3.50. The van der Waals surface area contributed by atoms with E-state index in [1.54, 1.807) is 32.4 Å². The zero-order valence-corrected chi connectivity index (χ0v) is 15.4. The van der Waals surface area contributed by atoms with Gasteiger partial charge in [0.05, 0.1) is 13.7 Å². The summed E-state index contributed by atoms with van der Waals surface area (Å²) >= 11 is 3.54. The molecule has 0 unspecified atom stereocenters. The van der Waals surface area contributed by atoms with E-state index in [0.29, 0.717) is 36.8 Å². The third kappa shape index (κ3) is 4.93. The van der Waals surface area contributed by atoms with Crippen LogP contribution in [0, 0.1) is 5.82 Å². The van der Waals surface area contributed by atoms with Gasteiger partial charge in [0.15, 0.2) is 11.5 Å². The monoisotopic (exact) mass is 397 g/mol. The van der Waals surface area contributed by atoms with Crippen LogP contribution in [0.2, 0.25) is 0 Å². The molecule has 0 heterocycles. The van der Waals surface area contributed by atoms with E-state index in [2.05, 4.69) is 21.2 Å². The van der Waals surface area contributed by atoms with Crippen molar-refractivity contribution in [1.82, 2.24) is 5.32 Å². The molecule has 0 radical (unpaired) electrons. The second kappa shape index (κ2) is 9.61. The first-order valence-electron chi connectivity index (χ1n) is 7.58. The van der Waals surface area contributed by atoms with Crippen molar-refractivity contribution in [2.45, 2.75) is 13.2 Å². The van der Waals surface area contributed by atoms with Crippen molar-refractivity contribution in [1.29, 1.82) is 0 Å². The van der Waals surface area contributed by atoms with Crippen LogP contribution in [0.15, 0.2) is 40.9 Å². The van der Waals surface area contributed by atoms with Crippen molar-refractivity contribution in [3.05, 3.63) is 57.8 Å². The van der Waals surface area contributed by atoms with Crippen LogP contribution in [0.4, 0.5) is 4.39 Å². The largest absolute Gasteiger partial charge is 0.493 e. The average Bonchev–Trinajstić information content (AvgIpc) is 2.59. The maximum absolute atomic E-state index is 13.8. The van der Waals surface area contributed by atoms with Crippen LogP contribution in [0.1, 0.15) is 11.1 Å². The SMILES string of the molecule is COCCNCc1c(Br)ccc(OC)c1OCc1ccccc1F. The fourth-order valence-electron chi connectivity index (χ4n) is 2.22. The van der Waals surface area contributed by atoms with Crippen LogP contribution in [-0.4, -0.2) is 27.4 Å². The molecule has 2 aromatic rings. The summed E-state index contributed by atoms with van der Waals surface area (Å²) in [5, 5.41) is 3.28. The normalized spacial score (nSPS) is 10.7. The molecule has 0 aromatic heterocycles. The highest BCUT2D eigenvalue weighted by Gasteiger charge is 2.15. The lowest BCUT2D eigenvalue weighted by molar-refractivity contribution is 0.199. The zero-order valence-electron chi connectivity index (χ0n) is 13.8. The minimum atomic E-state index is -0.286. The van der Waals surface area contributed by atoms with Gasteiger partial charge in [-0.1, -0.05) is 34.1 Å². The first kappa shape index (κ1) is 18.7. The standard InChI is InChI=1S/C18H21BrFNO3/c1-22-10-9-21-11-14-15(19)7-8-17(23-2)18(14)24-12-13-5-3-4-6-16(13)20/h3-8,21H,9-12H2,1-2H3. The molecule has 6 heteroatoms. The van der Waals surface area contributed by atoms with Gasteiger partial charge in [-0.15, -0.1) is 0 Å². The predicted molar refractivity (Wildman–Crippen MR) is 95.0 cm³/mol. The maximum Gasteiger partial charge on any atom is 0.167 e. The van der Waals surface area contributed by atoms with Crippen molar-refractivity contribution in [3.8, 4) is 11.5 Å². The Labute approximate surface area is 150 Å². The third-order valence-corrected chi connectivity index (χ3v) is 4.24. The fourth-order valence-corrected chi connectivity index (χ4v) is 2.67. The van der Waals surface area contributed by atoms with Crippen LogP contribution < -0.4 is 14.8 Å². The molecule has 0 aliphatic carbocycles. The fraction of sp³-hybridized carbons (Fsp3) is 0.333. The number of nitrogens with one attached hydrogen (secondary N) is 1. The highest BCUT2D eigenvalue weighted by Crippen LogP contribution is 2.36. The summed E-state index contributed by atoms with van der Waals surface area (Å²) in [6, 6.07) is 10.3. The van der Waals surface area contributed by atoms with E-state index >= 15 is 0 Å². The Hall–Kier alpha value is -1.63. The van der Waals surface area contributed by atoms with Crippen molar-refractivity contribution in [2.24, 2.45) is 0 Å². The Balaban J connectivity index is 2.19. The van der Waals surface area contributed by atoms with Gasteiger partial charge in [0.25, 0.3) is 0 Å². The van der Waals surface area contributed by atoms with Gasteiger partial charge in [0, 0.05) is 35.8 Å². The first-order valence-corrected chi connectivity index (χ1v) is 8.38. The van der Waals surface area contributed by atoms with E-state index in [1.807, 2.05) is 12.1 Å². The summed E-state index contributed by atoms with van der Waals surface area (Å²) in [5.41, 5.74) is 1.42. The van der Waals surface area contributed by atoms with Crippen LogP contribution in [0.5, 0.6) is 11.5 Å². The maximum atomic E-state index is 13.8. The molecule has 0 spiro atoms. The Morgan fingerprint density at radius 3 is 2.62 bits per heavy atom. The summed E-state index contributed by atoms with van der Waals surface area (Å²) in [5.74, 6) is 0.921. The van der Waals surface area contributed by atoms with Crippen LogP contribution >= 0.6 is 15.9 Å². The van der Waals surface area contributed by atoms with Crippen LogP contribution in [-0.2, 0) is 17.9 Å². The highest BCUT2D eigenvalue weighted by atomic mass is 79.9. The van der Waals surface area contributed by atoms with Crippen molar-refractivity contribution < 1.29 is 18.6 Å². The summed E-state index contributed by atoms with van der Waals surface area (Å²) in [6.07, 6.45) is 0. The average molecular weight is 398 g/mol. The lowest BCUT2D eigenvalue weighted by Crippen LogP contribution is -2.19. The van der Waals surface area contributed by atoms with Crippen molar-refractivity contribution >= 4 is 15.9 Å². The Morgan fingerprint density at radius 2 is 1.92 bits per heavy atom. The molecule has 2 aromatic carbocycles. The predicted octanol–water partition coefficient (Wildman–Crippen LogP) is 3.91. The summed E-state index contributed by atoms with van der Waals surface area (Å²) in [6.45, 7) is 2.04. The molecule has 0 atom stereocenters. The van der Waals surface area contributed by atoms with E-state index < -0.39 is 0 Å². The van der Waals surface area contributed by atoms with E-state index in [-0.39, 0.29) is 12.4 Å². The van der Waals surface area contributed by atoms with Crippen molar-refractivity contribution in [2.75, 3.05) is 27.4 Å². The minimum Gasteiger partial charge on any atom is -0.493 e. The van der Waals surface area contributed by atoms with Gasteiger partial charge in [0.2, 0.25) is 0 Å². The molecule has 2 rings (SSSR count). The molecular formula is C18H21BrFNO3. The lowest BCUT2D eigenvalue weighted by atomic mass is 10.1. The number of hydrogen-bond donors (Lipinski definition) is 1. The van der Waals surface area contributed by atoms with Crippen molar-refractivity contribution in [3.63, 3.8) is 0 Å². The zero-order chi connectivity index (χ0) is 17.4. The Bertz CT molecular complexity index is 667. The molecule has 4 nitrogen and oxygen atoms in total. The number of methoxy groups -OCH3 is 2. The van der Waals surface area contributed by atoms with E-state index in [4.69, 9.17) is 14.2 Å². The molecule has 0 saturated carbocycles. The molecule has 0 aliphatic heterocycles. The van der Waals surface area contributed by atoms with Gasteiger partial charge < -0.3 is 19.5 Å². The molecule has 24 heavy (non-hydrogen) atoms. The van der Waals surface area contributed by atoms with Gasteiger partial charge in [-0.2, -0.15) is 0 Å². The van der Waals surface area contributed by atoms with E-state index in [1.165, 1.54) is 6.07 Å². The van der Waals surface area contributed by atoms with Gasteiger partial charge in [-0.3, -0.25) is 0 Å². The van der Waals surface area contributed by atoms with Gasteiger partial charge in [0.1, 0.15) is 12.4 Å². The van der Waals surface area contributed by atoms with Gasteiger partial charge in [-0.25, -0.2) is 4.39 Å². The van der Waals surface area contributed by atoms with Crippen LogP contribution in [0.3, 0.4) is 0 Å². The molecule has 130 valence electrons. The smallest absolute Gasteiger partial charge is 0.167 e. The Morgan fingerprint density at radius 1 is 1.12 bits per heavy atom. The number of halogens is 2. The van der Waals surface area contributed by atoms with Gasteiger partial charge >= 0.3 is 0 Å². The topological polar surface area (TPSA) is 39.7 Å². The van der Waals surface area contributed by atoms with Gasteiger partial charge in [-0.05, 0) is 18.2 Å². The summed E-state index contributed by atoms with van der Waals surface area (Å²) < 4.78 is 31.0. The molecule has 0 aliphatic rings. The minimum absolute atomic E-state index is 0.130. The highest BCUT2D eigenvalue weighted by molar-refractivity contribution is 9.10. The summed E-state index contributed by atoms with van der Waals surface area (Å²) in [7, 11) is 3.24. The quantitative estimate of drug-likeness (QED) is 0.651. The second-order valence-electron chi connectivity index (χ2n) is 5.11. The lowest BCUT2D eigenvalue weighted by Gasteiger charge is -2.17. The number of hydrogen-bond acceptors (Lipinski definition) is 4. The van der Waals surface area contributed by atoms with E-state index in [9.17, 15) is 4.39 Å². The number of ether oxygens (including phenoxy) is 3. The van der Waals surface area contributed by atoms with E-state index in [0.717, 1.165) is 10.0 Å². The summed E-state index contributed by atoms with van der Waals surface area (Å²) in [4.78, 5) is 0. The first-order chi connectivity index (χ1) is 11.7. The molecular weight excluding hydrogens is 377 g/mol. The Kier molecular flexibility index (Phi) is 7.49. The molecule has 0 bridgehead atoms. The molecule has 0 fully saturated rings. The number of benzene rings is 2. The molecule has 1 N–H and O–H groups in total. The number of rotatable bonds is 9. The second-order valence-corrected chi connectivity index (χ2v) is 5.96. The molecule has 0 saturated heterocycles. The molecule has 0 amide bonds.